The highest BCUT2D eigenvalue weighted by Crippen LogP contribution is 2.46. The van der Waals surface area contributed by atoms with E-state index in [0.29, 0.717) is 5.56 Å². The van der Waals surface area contributed by atoms with Gasteiger partial charge in [0.15, 0.2) is 0 Å². The summed E-state index contributed by atoms with van der Waals surface area (Å²) in [6.45, 7) is 14.0. The lowest BCUT2D eigenvalue weighted by atomic mass is 9.63. The van der Waals surface area contributed by atoms with Crippen molar-refractivity contribution in [3.8, 4) is 0 Å². The van der Waals surface area contributed by atoms with Crippen LogP contribution in [0.5, 0.6) is 0 Å². The molecule has 1 heterocycles. The lowest BCUT2D eigenvalue weighted by Crippen LogP contribution is -2.33. The Balaban J connectivity index is 0.000000416. The summed E-state index contributed by atoms with van der Waals surface area (Å²) in [5.41, 5.74) is 7.11. The van der Waals surface area contributed by atoms with Gasteiger partial charge in [-0.1, -0.05) is 70.5 Å². The highest BCUT2D eigenvalue weighted by Gasteiger charge is 2.36. The van der Waals surface area contributed by atoms with E-state index in [0.717, 1.165) is 5.56 Å². The molecule has 2 aromatic carbocycles. The number of rotatable bonds is 3. The summed E-state index contributed by atoms with van der Waals surface area (Å²) >= 11 is 0. The Bertz CT molecular complexity index is 952. The quantitative estimate of drug-likeness (QED) is 0.510. The van der Waals surface area contributed by atoms with Gasteiger partial charge in [0, 0.05) is 0 Å². The number of aromatic carboxylic acids is 1. The van der Waals surface area contributed by atoms with Crippen molar-refractivity contribution in [2.24, 2.45) is 0 Å². The third-order valence-electron chi connectivity index (χ3n) is 7.06. The summed E-state index contributed by atoms with van der Waals surface area (Å²) < 4.78 is 0. The van der Waals surface area contributed by atoms with Crippen molar-refractivity contribution in [2.45, 2.75) is 77.6 Å². The van der Waals surface area contributed by atoms with E-state index in [4.69, 9.17) is 5.11 Å². The number of allylic oxidation sites excluding steroid dienone is 1. The monoisotopic (exact) mass is 433 g/mol. The standard InChI is InChI=1S/C24H28O2.C5H11N/c1-16(14-17-6-8-18(9-7-17)22(25)26)19-10-11-20-21(15-19)24(4,5)13-12-23(20,2)3;1-2-4-6-5-3-1/h6-11,14-15H,12-13H2,1-5H3,(H,25,26);6H,1-5H2/b16-14+;. The van der Waals surface area contributed by atoms with Crippen LogP contribution in [0.1, 0.15) is 99.3 Å². The van der Waals surface area contributed by atoms with E-state index >= 15 is 0 Å². The van der Waals surface area contributed by atoms with Gasteiger partial charge in [0.2, 0.25) is 0 Å². The SMILES string of the molecule is C/C(=C\c1ccc(C(=O)O)cc1)c1ccc2c(c1)C(C)(C)CCC2(C)C.C1CCNCC1. The summed E-state index contributed by atoms with van der Waals surface area (Å²) in [6, 6.07) is 13.9. The predicted molar refractivity (Wildman–Crippen MR) is 135 cm³/mol. The molecule has 2 N–H and O–H groups in total. The van der Waals surface area contributed by atoms with Crippen LogP contribution < -0.4 is 5.32 Å². The van der Waals surface area contributed by atoms with Crippen LogP contribution >= 0.6 is 0 Å². The maximum atomic E-state index is 11.0. The van der Waals surface area contributed by atoms with Crippen LogP contribution in [0.15, 0.2) is 42.5 Å². The van der Waals surface area contributed by atoms with Crippen molar-refractivity contribution in [1.29, 1.82) is 0 Å². The maximum absolute atomic E-state index is 11.0. The normalized spacial score (nSPS) is 19.3. The number of benzene rings is 2. The molecule has 2 aromatic rings. The largest absolute Gasteiger partial charge is 0.478 e. The first kappa shape index (κ1) is 24.3. The topological polar surface area (TPSA) is 49.3 Å². The minimum Gasteiger partial charge on any atom is -0.478 e. The van der Waals surface area contributed by atoms with Crippen LogP contribution in [0.4, 0.5) is 0 Å². The number of carboxylic acids is 1. The fourth-order valence-corrected chi connectivity index (χ4v) is 4.69. The van der Waals surface area contributed by atoms with Crippen LogP contribution in [0.3, 0.4) is 0 Å². The number of hydrogen-bond acceptors (Lipinski definition) is 2. The van der Waals surface area contributed by atoms with Crippen molar-refractivity contribution in [1.82, 2.24) is 5.32 Å². The summed E-state index contributed by atoms with van der Waals surface area (Å²) in [6.07, 6.45) is 8.76. The second-order valence-electron chi connectivity index (χ2n) is 10.6. The fraction of sp³-hybridized carbons (Fsp3) is 0.483. The summed E-state index contributed by atoms with van der Waals surface area (Å²) in [7, 11) is 0. The van der Waals surface area contributed by atoms with Gasteiger partial charge >= 0.3 is 5.97 Å². The molecule has 1 fully saturated rings. The molecule has 0 unspecified atom stereocenters. The van der Waals surface area contributed by atoms with Crippen LogP contribution in [0.2, 0.25) is 0 Å². The third kappa shape index (κ3) is 5.89. The van der Waals surface area contributed by atoms with Crippen LogP contribution in [-0.2, 0) is 10.8 Å². The Hall–Kier alpha value is -2.39. The molecule has 3 nitrogen and oxygen atoms in total. The zero-order chi connectivity index (χ0) is 23.4. The second kappa shape index (κ2) is 10.0. The first-order valence-electron chi connectivity index (χ1n) is 12.0. The molecular weight excluding hydrogens is 394 g/mol. The lowest BCUT2D eigenvalue weighted by molar-refractivity contribution is 0.0697. The third-order valence-corrected chi connectivity index (χ3v) is 7.06. The molecule has 3 heteroatoms. The van der Waals surface area contributed by atoms with E-state index < -0.39 is 5.97 Å². The minimum absolute atomic E-state index is 0.199. The molecule has 172 valence electrons. The molecule has 0 amide bonds. The van der Waals surface area contributed by atoms with Crippen molar-refractivity contribution in [3.63, 3.8) is 0 Å². The van der Waals surface area contributed by atoms with E-state index in [9.17, 15) is 4.79 Å². The van der Waals surface area contributed by atoms with Gasteiger partial charge in [0.25, 0.3) is 0 Å². The molecule has 0 atom stereocenters. The van der Waals surface area contributed by atoms with E-state index in [2.05, 4.69) is 64.2 Å². The minimum atomic E-state index is -0.892. The van der Waals surface area contributed by atoms with Gasteiger partial charge in [-0.25, -0.2) is 4.79 Å². The Morgan fingerprint density at radius 2 is 1.41 bits per heavy atom. The zero-order valence-corrected chi connectivity index (χ0v) is 20.4. The molecule has 4 rings (SSSR count). The van der Waals surface area contributed by atoms with Gasteiger partial charge in [-0.2, -0.15) is 0 Å². The van der Waals surface area contributed by atoms with Gasteiger partial charge in [-0.3, -0.25) is 0 Å². The number of carboxylic acid groups (broad SMARTS) is 1. The van der Waals surface area contributed by atoms with Gasteiger partial charge in [0.1, 0.15) is 0 Å². The zero-order valence-electron chi connectivity index (χ0n) is 20.4. The molecule has 0 saturated carbocycles. The van der Waals surface area contributed by atoms with Gasteiger partial charge in [-0.05, 0) is 96.5 Å². The summed E-state index contributed by atoms with van der Waals surface area (Å²) in [5.74, 6) is -0.892. The highest BCUT2D eigenvalue weighted by molar-refractivity contribution is 5.88. The molecule has 0 radical (unpaired) electrons. The molecular formula is C29H39NO2. The van der Waals surface area contributed by atoms with Gasteiger partial charge in [0.05, 0.1) is 5.56 Å². The first-order chi connectivity index (χ1) is 15.1. The molecule has 0 aromatic heterocycles. The van der Waals surface area contributed by atoms with Crippen molar-refractivity contribution in [2.75, 3.05) is 13.1 Å². The molecule has 32 heavy (non-hydrogen) atoms. The number of fused-ring (bicyclic) bond motifs is 1. The van der Waals surface area contributed by atoms with Crippen LogP contribution in [0, 0.1) is 0 Å². The Morgan fingerprint density at radius 3 is 1.91 bits per heavy atom. The molecule has 0 bridgehead atoms. The Morgan fingerprint density at radius 1 is 0.844 bits per heavy atom. The van der Waals surface area contributed by atoms with E-state index in [1.54, 1.807) is 12.1 Å². The number of nitrogens with one attached hydrogen (secondary N) is 1. The Kier molecular flexibility index (Phi) is 7.61. The smallest absolute Gasteiger partial charge is 0.335 e. The van der Waals surface area contributed by atoms with Gasteiger partial charge in [-0.15, -0.1) is 0 Å². The van der Waals surface area contributed by atoms with E-state index in [-0.39, 0.29) is 10.8 Å². The lowest BCUT2D eigenvalue weighted by Gasteiger charge is -2.42. The first-order valence-corrected chi connectivity index (χ1v) is 12.0. The second-order valence-corrected chi connectivity index (χ2v) is 10.6. The fourth-order valence-electron chi connectivity index (χ4n) is 4.69. The molecule has 0 spiro atoms. The number of carbonyl (C=O) groups is 1. The Labute approximate surface area is 194 Å². The maximum Gasteiger partial charge on any atom is 0.335 e. The number of hydrogen-bond donors (Lipinski definition) is 2. The predicted octanol–water partition coefficient (Wildman–Crippen LogP) is 7.05. The average molecular weight is 434 g/mol. The van der Waals surface area contributed by atoms with Crippen molar-refractivity contribution < 1.29 is 9.90 Å². The highest BCUT2D eigenvalue weighted by atomic mass is 16.4. The molecule has 1 saturated heterocycles. The van der Waals surface area contributed by atoms with Crippen molar-refractivity contribution >= 4 is 17.6 Å². The molecule has 2 aliphatic rings. The molecule has 1 aliphatic carbocycles. The van der Waals surface area contributed by atoms with E-state index in [1.165, 1.54) is 67.5 Å². The van der Waals surface area contributed by atoms with Gasteiger partial charge < -0.3 is 10.4 Å². The number of piperidine rings is 1. The van der Waals surface area contributed by atoms with Crippen LogP contribution in [0.25, 0.3) is 11.6 Å². The average Bonchev–Trinajstić information content (AvgIpc) is 2.79. The molecule has 1 aliphatic heterocycles. The summed E-state index contributed by atoms with van der Waals surface area (Å²) in [4.78, 5) is 11.0. The van der Waals surface area contributed by atoms with Crippen molar-refractivity contribution in [3.05, 3.63) is 70.3 Å². The van der Waals surface area contributed by atoms with E-state index in [1.807, 2.05) is 12.1 Å². The van der Waals surface area contributed by atoms with Crippen LogP contribution in [-0.4, -0.2) is 24.2 Å². The summed E-state index contributed by atoms with van der Waals surface area (Å²) in [5, 5.41) is 12.3.